The average molecular weight is 422 g/mol. The first-order chi connectivity index (χ1) is 11.4. The summed E-state index contributed by atoms with van der Waals surface area (Å²) in [5.41, 5.74) is 0. The van der Waals surface area contributed by atoms with Crippen molar-refractivity contribution in [3.05, 3.63) is 0 Å². The molecule has 0 radical (unpaired) electrons. The summed E-state index contributed by atoms with van der Waals surface area (Å²) in [4.78, 5) is 45.6. The standard InChI is InChI=1S/C13H15Cl3O9/c1-5(17)22-8-4-21-11(25-12(20)13(14,15)16)10(24-7(3)19)9(8)23-6(2)18/h8-11H,4H2,1-3H3/t8-,9+,10-,11-/m1/s1. The van der Waals surface area contributed by atoms with Crippen molar-refractivity contribution < 1.29 is 42.9 Å². The number of rotatable bonds is 4. The first-order valence-electron chi connectivity index (χ1n) is 6.83. The zero-order chi connectivity index (χ0) is 19.4. The molecule has 0 aromatic rings. The molecule has 9 nitrogen and oxygen atoms in total. The fourth-order valence-corrected chi connectivity index (χ4v) is 2.12. The lowest BCUT2D eigenvalue weighted by atomic mass is 10.0. The Morgan fingerprint density at radius 3 is 1.76 bits per heavy atom. The van der Waals surface area contributed by atoms with Gasteiger partial charge in [-0.05, 0) is 0 Å². The molecule has 4 atom stereocenters. The zero-order valence-electron chi connectivity index (χ0n) is 13.3. The van der Waals surface area contributed by atoms with E-state index in [0.717, 1.165) is 20.8 Å². The van der Waals surface area contributed by atoms with Gasteiger partial charge in [0, 0.05) is 20.8 Å². The molecule has 1 fully saturated rings. The molecule has 0 spiro atoms. The summed E-state index contributed by atoms with van der Waals surface area (Å²) < 4.78 is 22.7. The van der Waals surface area contributed by atoms with Crippen molar-refractivity contribution in [2.24, 2.45) is 0 Å². The van der Waals surface area contributed by atoms with E-state index in [9.17, 15) is 19.2 Å². The van der Waals surface area contributed by atoms with Gasteiger partial charge in [-0.3, -0.25) is 14.4 Å². The third kappa shape index (κ3) is 6.85. The van der Waals surface area contributed by atoms with Gasteiger partial charge in [0.1, 0.15) is 0 Å². The van der Waals surface area contributed by atoms with Crippen molar-refractivity contribution in [3.63, 3.8) is 0 Å². The van der Waals surface area contributed by atoms with E-state index in [-0.39, 0.29) is 6.61 Å². The van der Waals surface area contributed by atoms with Crippen LogP contribution in [-0.2, 0) is 42.9 Å². The molecule has 0 aromatic carbocycles. The summed E-state index contributed by atoms with van der Waals surface area (Å²) >= 11 is 16.2. The lowest BCUT2D eigenvalue weighted by molar-refractivity contribution is -0.274. The van der Waals surface area contributed by atoms with Gasteiger partial charge in [-0.25, -0.2) is 4.79 Å². The summed E-state index contributed by atoms with van der Waals surface area (Å²) in [5, 5.41) is 0. The molecule has 0 amide bonds. The molecule has 0 unspecified atom stereocenters. The number of hydrogen-bond donors (Lipinski definition) is 0. The quantitative estimate of drug-likeness (QED) is 0.373. The fourth-order valence-electron chi connectivity index (χ4n) is 1.98. The number of carbonyl (C=O) groups is 4. The van der Waals surface area contributed by atoms with E-state index in [4.69, 9.17) is 58.5 Å². The maximum atomic E-state index is 11.7. The lowest BCUT2D eigenvalue weighted by Crippen LogP contribution is -2.58. The summed E-state index contributed by atoms with van der Waals surface area (Å²) in [7, 11) is 0. The minimum atomic E-state index is -2.41. The monoisotopic (exact) mass is 420 g/mol. The predicted molar refractivity (Wildman–Crippen MR) is 82.8 cm³/mol. The molecule has 0 saturated carbocycles. The molecular weight excluding hydrogens is 406 g/mol. The Morgan fingerprint density at radius 2 is 1.32 bits per heavy atom. The van der Waals surface area contributed by atoms with Gasteiger partial charge in [0.05, 0.1) is 6.61 Å². The van der Waals surface area contributed by atoms with Crippen LogP contribution in [-0.4, -0.2) is 58.9 Å². The van der Waals surface area contributed by atoms with Gasteiger partial charge in [0.15, 0.2) is 12.2 Å². The zero-order valence-corrected chi connectivity index (χ0v) is 15.6. The van der Waals surface area contributed by atoms with E-state index in [1.165, 1.54) is 0 Å². The largest absolute Gasteiger partial charge is 0.456 e. The highest BCUT2D eigenvalue weighted by Gasteiger charge is 2.50. The molecule has 1 aliphatic heterocycles. The molecule has 1 heterocycles. The number of alkyl halides is 3. The SMILES string of the molecule is CC(=O)O[C@@H]1[C@@H](OC(C)=O)[C@@H](OC(=O)C(Cl)(Cl)Cl)OC[C@H]1OC(C)=O. The van der Waals surface area contributed by atoms with Gasteiger partial charge in [-0.2, -0.15) is 0 Å². The van der Waals surface area contributed by atoms with Crippen LogP contribution in [0.3, 0.4) is 0 Å². The Kier molecular flexibility index (Phi) is 7.73. The van der Waals surface area contributed by atoms with Crippen LogP contribution < -0.4 is 0 Å². The Morgan fingerprint density at radius 1 is 0.840 bits per heavy atom. The third-order valence-corrected chi connectivity index (χ3v) is 3.22. The van der Waals surface area contributed by atoms with Gasteiger partial charge < -0.3 is 23.7 Å². The van der Waals surface area contributed by atoms with Crippen molar-refractivity contribution in [1.29, 1.82) is 0 Å². The summed E-state index contributed by atoms with van der Waals surface area (Å²) in [6, 6.07) is 0. The van der Waals surface area contributed by atoms with Crippen molar-refractivity contribution in [1.82, 2.24) is 0 Å². The van der Waals surface area contributed by atoms with Crippen LogP contribution in [0.15, 0.2) is 0 Å². The van der Waals surface area contributed by atoms with Gasteiger partial charge in [0.25, 0.3) is 3.79 Å². The molecule has 25 heavy (non-hydrogen) atoms. The maximum Gasteiger partial charge on any atom is 0.360 e. The number of halogens is 3. The molecule has 1 rings (SSSR count). The number of carbonyl (C=O) groups excluding carboxylic acids is 4. The van der Waals surface area contributed by atoms with E-state index < -0.39 is 52.3 Å². The second-order valence-corrected chi connectivity index (χ2v) is 7.18. The first kappa shape index (κ1) is 21.8. The normalized spacial score (nSPS) is 26.3. The average Bonchev–Trinajstić information content (AvgIpc) is 2.42. The second-order valence-electron chi connectivity index (χ2n) is 4.90. The van der Waals surface area contributed by atoms with Crippen LogP contribution in [0.2, 0.25) is 0 Å². The van der Waals surface area contributed by atoms with Crippen molar-refractivity contribution in [2.45, 2.75) is 49.2 Å². The highest BCUT2D eigenvalue weighted by atomic mass is 35.6. The molecule has 0 bridgehead atoms. The minimum Gasteiger partial charge on any atom is -0.456 e. The van der Waals surface area contributed by atoms with E-state index in [1.54, 1.807) is 0 Å². The summed E-state index contributed by atoms with van der Waals surface area (Å²) in [6.45, 7) is 2.95. The molecule has 1 aliphatic rings. The molecular formula is C13H15Cl3O9. The van der Waals surface area contributed by atoms with Crippen LogP contribution in [0.5, 0.6) is 0 Å². The molecule has 1 saturated heterocycles. The number of ether oxygens (including phenoxy) is 5. The smallest absolute Gasteiger partial charge is 0.360 e. The van der Waals surface area contributed by atoms with Crippen molar-refractivity contribution in [2.75, 3.05) is 6.61 Å². The van der Waals surface area contributed by atoms with Gasteiger partial charge in [-0.15, -0.1) is 0 Å². The van der Waals surface area contributed by atoms with E-state index >= 15 is 0 Å². The van der Waals surface area contributed by atoms with Crippen LogP contribution in [0.25, 0.3) is 0 Å². The van der Waals surface area contributed by atoms with Crippen molar-refractivity contribution >= 4 is 58.7 Å². The van der Waals surface area contributed by atoms with Crippen LogP contribution in [0.4, 0.5) is 0 Å². The van der Waals surface area contributed by atoms with E-state index in [0.29, 0.717) is 0 Å². The van der Waals surface area contributed by atoms with Crippen LogP contribution in [0, 0.1) is 0 Å². The molecule has 12 heteroatoms. The Labute approximate surface area is 157 Å². The predicted octanol–water partition coefficient (Wildman–Crippen LogP) is 1.05. The van der Waals surface area contributed by atoms with Gasteiger partial charge >= 0.3 is 23.9 Å². The first-order valence-corrected chi connectivity index (χ1v) is 7.96. The van der Waals surface area contributed by atoms with Gasteiger partial charge in [-0.1, -0.05) is 34.8 Å². The lowest BCUT2D eigenvalue weighted by Gasteiger charge is -2.39. The van der Waals surface area contributed by atoms with Crippen LogP contribution in [0.1, 0.15) is 20.8 Å². The number of esters is 4. The van der Waals surface area contributed by atoms with Gasteiger partial charge in [0.2, 0.25) is 12.4 Å². The van der Waals surface area contributed by atoms with E-state index in [2.05, 4.69) is 0 Å². The molecule has 0 N–H and O–H groups in total. The summed E-state index contributed by atoms with van der Waals surface area (Å²) in [6.07, 6.45) is -5.40. The maximum absolute atomic E-state index is 11.7. The van der Waals surface area contributed by atoms with Crippen LogP contribution >= 0.6 is 34.8 Å². The molecule has 0 aromatic heterocycles. The Balaban J connectivity index is 3.09. The Hall–Kier alpha value is -1.29. The topological polar surface area (TPSA) is 114 Å². The highest BCUT2D eigenvalue weighted by Crippen LogP contribution is 2.31. The summed E-state index contributed by atoms with van der Waals surface area (Å²) in [5.74, 6) is -3.55. The molecule has 142 valence electrons. The Bertz CT molecular complexity index is 545. The fraction of sp³-hybridized carbons (Fsp3) is 0.692. The van der Waals surface area contributed by atoms with E-state index in [1.807, 2.05) is 0 Å². The highest BCUT2D eigenvalue weighted by molar-refractivity contribution is 6.75. The van der Waals surface area contributed by atoms with Crippen molar-refractivity contribution in [3.8, 4) is 0 Å². The second kappa shape index (κ2) is 8.88. The minimum absolute atomic E-state index is 0.326. The third-order valence-electron chi connectivity index (χ3n) is 2.76. The number of hydrogen-bond acceptors (Lipinski definition) is 9. The molecule has 0 aliphatic carbocycles.